The lowest BCUT2D eigenvalue weighted by Crippen LogP contribution is -2.29. The molecule has 0 saturated carbocycles. The van der Waals surface area contributed by atoms with E-state index < -0.39 is 11.2 Å². The molecular weight excluding hydrogens is 231 g/mol. The Morgan fingerprint density at radius 2 is 2.38 bits per heavy atom. The van der Waals surface area contributed by atoms with E-state index in [1.807, 2.05) is 6.07 Å². The molecule has 0 aromatic heterocycles. The third-order valence-corrected chi connectivity index (χ3v) is 2.47. The van der Waals surface area contributed by atoms with Gasteiger partial charge in [-0.1, -0.05) is 6.07 Å². The number of nitrogens with zero attached hydrogens (tertiary/aromatic N) is 1. The fourth-order valence-electron chi connectivity index (χ4n) is 1.27. The van der Waals surface area contributed by atoms with Crippen LogP contribution in [-0.2, 0) is 11.2 Å². The summed E-state index contributed by atoms with van der Waals surface area (Å²) >= 11 is 5.82. The van der Waals surface area contributed by atoms with Crippen molar-refractivity contribution in [1.29, 1.82) is 5.26 Å². The maximum atomic E-state index is 12.8. The summed E-state index contributed by atoms with van der Waals surface area (Å²) in [5, 5.41) is 10.4. The molecule has 1 amide bonds. The SMILES string of the molecule is CNC(=O)C(Cl)Cc1ccc(F)cc1C#N. The van der Waals surface area contributed by atoms with Crippen molar-refractivity contribution in [3.8, 4) is 6.07 Å². The van der Waals surface area contributed by atoms with Crippen molar-refractivity contribution in [3.05, 3.63) is 35.1 Å². The average Bonchev–Trinajstić information content (AvgIpc) is 2.30. The van der Waals surface area contributed by atoms with E-state index >= 15 is 0 Å². The molecule has 0 heterocycles. The van der Waals surface area contributed by atoms with Gasteiger partial charge < -0.3 is 5.32 Å². The minimum atomic E-state index is -0.762. The van der Waals surface area contributed by atoms with Crippen LogP contribution in [0.1, 0.15) is 11.1 Å². The molecule has 0 radical (unpaired) electrons. The summed E-state index contributed by atoms with van der Waals surface area (Å²) in [6, 6.07) is 5.70. The monoisotopic (exact) mass is 240 g/mol. The highest BCUT2D eigenvalue weighted by atomic mass is 35.5. The number of rotatable bonds is 3. The number of amides is 1. The lowest BCUT2D eigenvalue weighted by atomic mass is 10.0. The molecule has 1 atom stereocenters. The first-order valence-corrected chi connectivity index (χ1v) is 5.06. The first-order valence-electron chi connectivity index (χ1n) is 4.62. The van der Waals surface area contributed by atoms with Gasteiger partial charge in [-0.2, -0.15) is 5.26 Å². The van der Waals surface area contributed by atoms with Crippen LogP contribution < -0.4 is 5.32 Å². The summed E-state index contributed by atoms with van der Waals surface area (Å²) in [5.41, 5.74) is 0.766. The normalized spacial score (nSPS) is 11.6. The Labute approximate surface area is 97.8 Å². The fraction of sp³-hybridized carbons (Fsp3) is 0.273. The van der Waals surface area contributed by atoms with Gasteiger partial charge >= 0.3 is 0 Å². The number of carbonyl (C=O) groups excluding carboxylic acids is 1. The van der Waals surface area contributed by atoms with Gasteiger partial charge in [0, 0.05) is 7.05 Å². The number of hydrogen-bond donors (Lipinski definition) is 1. The van der Waals surface area contributed by atoms with Gasteiger partial charge in [0.2, 0.25) is 5.91 Å². The Balaban J connectivity index is 2.90. The average molecular weight is 241 g/mol. The first kappa shape index (κ1) is 12.5. The van der Waals surface area contributed by atoms with Crippen LogP contribution in [0.15, 0.2) is 18.2 Å². The van der Waals surface area contributed by atoms with Crippen LogP contribution in [0.25, 0.3) is 0 Å². The van der Waals surface area contributed by atoms with Gasteiger partial charge in [0.05, 0.1) is 11.6 Å². The number of halogens is 2. The molecule has 0 spiro atoms. The number of nitriles is 1. The molecule has 3 nitrogen and oxygen atoms in total. The maximum absolute atomic E-state index is 12.8. The highest BCUT2D eigenvalue weighted by Gasteiger charge is 2.16. The number of nitrogens with one attached hydrogen (secondary N) is 1. The molecule has 1 aromatic rings. The molecule has 1 rings (SSSR count). The lowest BCUT2D eigenvalue weighted by Gasteiger charge is -2.09. The van der Waals surface area contributed by atoms with E-state index in [1.54, 1.807) is 0 Å². The van der Waals surface area contributed by atoms with Gasteiger partial charge in [-0.3, -0.25) is 4.79 Å². The van der Waals surface area contributed by atoms with E-state index in [9.17, 15) is 9.18 Å². The van der Waals surface area contributed by atoms with Gasteiger partial charge in [0.1, 0.15) is 11.2 Å². The molecule has 0 aliphatic heterocycles. The molecule has 0 aliphatic carbocycles. The molecule has 0 fully saturated rings. The van der Waals surface area contributed by atoms with Crippen molar-refractivity contribution in [2.45, 2.75) is 11.8 Å². The molecule has 1 N–H and O–H groups in total. The third-order valence-electron chi connectivity index (χ3n) is 2.12. The molecular formula is C11H10ClFN2O. The molecule has 0 bridgehead atoms. The topological polar surface area (TPSA) is 52.9 Å². The summed E-state index contributed by atoms with van der Waals surface area (Å²) in [7, 11) is 1.48. The van der Waals surface area contributed by atoms with Crippen LogP contribution in [-0.4, -0.2) is 18.3 Å². The van der Waals surface area contributed by atoms with Crippen LogP contribution in [0.3, 0.4) is 0 Å². The van der Waals surface area contributed by atoms with E-state index in [2.05, 4.69) is 5.32 Å². The second-order valence-corrected chi connectivity index (χ2v) is 3.73. The number of alkyl halides is 1. The Bertz CT molecular complexity index is 442. The molecule has 1 aromatic carbocycles. The van der Waals surface area contributed by atoms with Crippen molar-refractivity contribution in [1.82, 2.24) is 5.32 Å². The number of carbonyl (C=O) groups is 1. The van der Waals surface area contributed by atoms with Gasteiger partial charge in [0.15, 0.2) is 0 Å². The predicted octanol–water partition coefficient (Wildman–Crippen LogP) is 1.59. The Kier molecular flexibility index (Phi) is 4.27. The van der Waals surface area contributed by atoms with Crippen molar-refractivity contribution >= 4 is 17.5 Å². The third kappa shape index (κ3) is 2.94. The van der Waals surface area contributed by atoms with Gasteiger partial charge in [-0.25, -0.2) is 4.39 Å². The highest BCUT2D eigenvalue weighted by Crippen LogP contribution is 2.15. The molecule has 0 aliphatic rings. The largest absolute Gasteiger partial charge is 0.358 e. The van der Waals surface area contributed by atoms with Gasteiger partial charge in [-0.15, -0.1) is 11.6 Å². The highest BCUT2D eigenvalue weighted by molar-refractivity contribution is 6.30. The van der Waals surface area contributed by atoms with Crippen LogP contribution in [0.5, 0.6) is 0 Å². The van der Waals surface area contributed by atoms with Crippen molar-refractivity contribution in [2.75, 3.05) is 7.05 Å². The van der Waals surface area contributed by atoms with Crippen LogP contribution >= 0.6 is 11.6 Å². The van der Waals surface area contributed by atoms with Gasteiger partial charge in [0.25, 0.3) is 0 Å². The number of benzene rings is 1. The van der Waals surface area contributed by atoms with E-state index in [0.717, 1.165) is 6.07 Å². The molecule has 84 valence electrons. The number of hydrogen-bond acceptors (Lipinski definition) is 2. The molecule has 5 heteroatoms. The standard InChI is InChI=1S/C11H10ClFN2O/c1-15-11(16)10(12)5-7-2-3-9(13)4-8(7)6-14/h2-4,10H,5H2,1H3,(H,15,16). The van der Waals surface area contributed by atoms with E-state index in [1.165, 1.54) is 19.2 Å². The van der Waals surface area contributed by atoms with Crippen LogP contribution in [0.2, 0.25) is 0 Å². The second-order valence-electron chi connectivity index (χ2n) is 3.20. The van der Waals surface area contributed by atoms with E-state index in [-0.39, 0.29) is 17.9 Å². The molecule has 0 saturated heterocycles. The second kappa shape index (κ2) is 5.47. The zero-order valence-corrected chi connectivity index (χ0v) is 9.38. The quantitative estimate of drug-likeness (QED) is 0.816. The summed E-state index contributed by atoms with van der Waals surface area (Å²) in [6.45, 7) is 0. The summed E-state index contributed by atoms with van der Waals surface area (Å²) < 4.78 is 12.8. The van der Waals surface area contributed by atoms with Gasteiger partial charge in [-0.05, 0) is 24.1 Å². The summed E-state index contributed by atoms with van der Waals surface area (Å²) in [6.07, 6.45) is 0.199. The van der Waals surface area contributed by atoms with Crippen LogP contribution in [0, 0.1) is 17.1 Å². The first-order chi connectivity index (χ1) is 7.58. The Hall–Kier alpha value is -1.60. The van der Waals surface area contributed by atoms with Crippen molar-refractivity contribution in [3.63, 3.8) is 0 Å². The van der Waals surface area contributed by atoms with E-state index in [0.29, 0.717) is 5.56 Å². The van der Waals surface area contributed by atoms with Crippen LogP contribution in [0.4, 0.5) is 4.39 Å². The Morgan fingerprint density at radius 1 is 1.69 bits per heavy atom. The lowest BCUT2D eigenvalue weighted by molar-refractivity contribution is -0.120. The van der Waals surface area contributed by atoms with Crippen molar-refractivity contribution in [2.24, 2.45) is 0 Å². The summed E-state index contributed by atoms with van der Waals surface area (Å²) in [4.78, 5) is 11.2. The maximum Gasteiger partial charge on any atom is 0.238 e. The van der Waals surface area contributed by atoms with E-state index in [4.69, 9.17) is 16.9 Å². The zero-order valence-electron chi connectivity index (χ0n) is 8.63. The Morgan fingerprint density at radius 3 is 2.94 bits per heavy atom. The molecule has 1 unspecified atom stereocenters. The predicted molar refractivity (Wildman–Crippen MR) is 58.5 cm³/mol. The summed E-state index contributed by atoms with van der Waals surface area (Å²) in [5.74, 6) is -0.804. The minimum Gasteiger partial charge on any atom is -0.358 e. The minimum absolute atomic E-state index is 0.199. The molecule has 16 heavy (non-hydrogen) atoms. The van der Waals surface area contributed by atoms with Crippen molar-refractivity contribution < 1.29 is 9.18 Å². The zero-order chi connectivity index (χ0) is 12.1. The fourth-order valence-corrected chi connectivity index (χ4v) is 1.55. The smallest absolute Gasteiger partial charge is 0.238 e.